The maximum atomic E-state index is 14.7. The van der Waals surface area contributed by atoms with E-state index in [0.717, 1.165) is 16.7 Å². The van der Waals surface area contributed by atoms with Crippen LogP contribution >= 0.6 is 0 Å². The first kappa shape index (κ1) is 54.2. The lowest BCUT2D eigenvalue weighted by molar-refractivity contribution is -0.138. The quantitative estimate of drug-likeness (QED) is 0.0330. The van der Waals surface area contributed by atoms with Crippen LogP contribution in [0.3, 0.4) is 0 Å². The number of fused-ring (bicyclic) bond motifs is 7. The molecule has 0 amide bonds. The van der Waals surface area contributed by atoms with Crippen molar-refractivity contribution in [2.24, 2.45) is 17.2 Å². The molecule has 0 radical (unpaired) electrons. The normalized spacial score (nSPS) is 13.0. The molecule has 1 aliphatic heterocycles. The Labute approximate surface area is 448 Å². The molecule has 0 saturated heterocycles. The molecule has 8 aromatic rings. The number of hydrogen-bond donors (Lipinski definition) is 3. The topological polar surface area (TPSA) is 257 Å². The van der Waals surface area contributed by atoms with Gasteiger partial charge in [0.05, 0.1) is 73.8 Å². The molecule has 6 aromatic carbocycles. The number of aryl methyl sites for hydroxylation is 1. The van der Waals surface area contributed by atoms with Gasteiger partial charge < -0.3 is 73.6 Å². The number of aromatic nitrogens is 1. The van der Waals surface area contributed by atoms with Crippen LogP contribution in [0.15, 0.2) is 137 Å². The van der Waals surface area contributed by atoms with Gasteiger partial charge in [0.1, 0.15) is 29.2 Å². The summed E-state index contributed by atoms with van der Waals surface area (Å²) in [5.74, 6) is -1.80. The fourth-order valence-corrected chi connectivity index (χ4v) is 9.17. The Kier molecular flexibility index (Phi) is 17.1. The zero-order valence-corrected chi connectivity index (χ0v) is 43.3. The molecule has 2 aromatic heterocycles. The summed E-state index contributed by atoms with van der Waals surface area (Å²) in [6.45, 7) is 0.433. The highest BCUT2D eigenvalue weighted by Gasteiger charge is 2.35. The van der Waals surface area contributed by atoms with E-state index in [0.29, 0.717) is 38.7 Å². The van der Waals surface area contributed by atoms with E-state index in [1.54, 1.807) is 30.3 Å². The third-order valence-electron chi connectivity index (χ3n) is 13.0. The second-order valence-corrected chi connectivity index (χ2v) is 18.2. The molecule has 404 valence electrons. The summed E-state index contributed by atoms with van der Waals surface area (Å²) in [5.41, 5.74) is 23.4. The summed E-state index contributed by atoms with van der Waals surface area (Å²) < 4.78 is 66.3. The lowest BCUT2D eigenvalue weighted by Crippen LogP contribution is -2.38. The predicted molar refractivity (Wildman–Crippen MR) is 288 cm³/mol. The van der Waals surface area contributed by atoms with E-state index in [2.05, 4.69) is 0 Å². The highest BCUT2D eigenvalue weighted by molar-refractivity contribution is 6.17. The number of ether oxygens (including phenoxy) is 10. The van der Waals surface area contributed by atoms with Crippen LogP contribution in [0.2, 0.25) is 0 Å². The van der Waals surface area contributed by atoms with Crippen LogP contribution in [-0.2, 0) is 61.4 Å². The van der Waals surface area contributed by atoms with Crippen molar-refractivity contribution in [3.05, 3.63) is 160 Å². The van der Waals surface area contributed by atoms with Crippen molar-refractivity contribution in [3.8, 4) is 62.6 Å². The van der Waals surface area contributed by atoms with Crippen molar-refractivity contribution in [1.29, 1.82) is 0 Å². The zero-order valence-electron chi connectivity index (χ0n) is 43.3. The van der Waals surface area contributed by atoms with Crippen LogP contribution in [0, 0.1) is 0 Å². The van der Waals surface area contributed by atoms with Gasteiger partial charge in [0.25, 0.3) is 0 Å². The SMILES string of the molecule is COc1cc(-c2c3n(c4c(=O)oc5cc(OC(=O)[C@@H](N)COCc6ccccc6)c(OC)cc5c24)CCc2c-3cc(OC)c(OC)c2OC(=O)[C@@H](N)COCc2ccccc2)ccc1OC(=O)[C@@H](N)COCc1ccccc1. The summed E-state index contributed by atoms with van der Waals surface area (Å²) >= 11 is 0. The average molecular weight is 1060 g/mol. The van der Waals surface area contributed by atoms with Crippen LogP contribution in [0.5, 0.6) is 40.2 Å². The van der Waals surface area contributed by atoms with E-state index >= 15 is 0 Å². The van der Waals surface area contributed by atoms with Gasteiger partial charge in [0.2, 0.25) is 5.75 Å². The Bertz CT molecular complexity index is 3510. The van der Waals surface area contributed by atoms with Crippen molar-refractivity contribution < 1.29 is 66.2 Å². The lowest BCUT2D eigenvalue weighted by atomic mass is 9.91. The first-order chi connectivity index (χ1) is 37.9. The van der Waals surface area contributed by atoms with E-state index in [1.807, 2.05) is 95.6 Å². The summed E-state index contributed by atoms with van der Waals surface area (Å²) in [7, 11) is 5.67. The van der Waals surface area contributed by atoms with Crippen molar-refractivity contribution in [2.45, 2.75) is 50.9 Å². The van der Waals surface area contributed by atoms with Gasteiger partial charge in [-0.25, -0.2) is 19.2 Å². The monoisotopic (exact) mass is 1060 g/mol. The first-order valence-corrected chi connectivity index (χ1v) is 24.9. The van der Waals surface area contributed by atoms with Crippen molar-refractivity contribution in [3.63, 3.8) is 0 Å². The molecular weight excluding hydrogens is 1000 g/mol. The summed E-state index contributed by atoms with van der Waals surface area (Å²) in [5, 5.41) is 0.765. The molecular formula is C59H58N4O15. The summed E-state index contributed by atoms with van der Waals surface area (Å²) in [6, 6.07) is 34.4. The van der Waals surface area contributed by atoms with Gasteiger partial charge in [-0.05, 0) is 52.9 Å². The van der Waals surface area contributed by atoms with Gasteiger partial charge in [-0.2, -0.15) is 0 Å². The molecule has 3 heterocycles. The fraction of sp³-hybridized carbons (Fsp3) is 0.254. The van der Waals surface area contributed by atoms with Crippen molar-refractivity contribution in [2.75, 3.05) is 48.3 Å². The highest BCUT2D eigenvalue weighted by atomic mass is 16.6. The van der Waals surface area contributed by atoms with Crippen LogP contribution in [-0.4, -0.2) is 88.9 Å². The Morgan fingerprint density at radius 3 is 1.56 bits per heavy atom. The number of esters is 3. The van der Waals surface area contributed by atoms with E-state index in [4.69, 9.17) is 69.0 Å². The number of nitrogens with two attached hydrogens (primary N) is 3. The van der Waals surface area contributed by atoms with E-state index in [-0.39, 0.29) is 104 Å². The highest BCUT2D eigenvalue weighted by Crippen LogP contribution is 2.53. The molecule has 0 aliphatic carbocycles. The number of rotatable bonds is 23. The molecule has 6 N–H and O–H groups in total. The molecule has 19 nitrogen and oxygen atoms in total. The van der Waals surface area contributed by atoms with Crippen molar-refractivity contribution in [1.82, 2.24) is 4.57 Å². The Balaban J connectivity index is 1.13. The minimum atomic E-state index is -1.19. The summed E-state index contributed by atoms with van der Waals surface area (Å²) in [4.78, 5) is 55.4. The molecule has 19 heteroatoms. The standard InChI is InChI=1S/C59H58N4O15/c1-68-46-24-37(20-21-44(46)75-56(64)41(60)31-72-28-34-14-8-5-9-15-34)50-51-40-26-47(69-2)48(77-57(65)42(61)32-73-29-35-16-10-6-11-17-35)27-45(40)76-59(67)53(51)63-23-22-38-39(52(50)63)25-49(70-3)55(71-4)54(38)78-58(66)43(62)33-74-30-36-18-12-7-13-19-36/h5-21,24-27,41-43H,22-23,28-33,60-62H2,1-4H3/t41-,42-,43-/m0/s1. The van der Waals surface area contributed by atoms with Gasteiger partial charge in [0, 0.05) is 40.1 Å². The zero-order chi connectivity index (χ0) is 54.9. The lowest BCUT2D eigenvalue weighted by Gasteiger charge is -2.26. The molecule has 9 rings (SSSR count). The molecule has 78 heavy (non-hydrogen) atoms. The minimum absolute atomic E-state index is 0.0285. The number of carbonyl (C=O) groups is 3. The van der Waals surface area contributed by atoms with Crippen molar-refractivity contribution >= 4 is 39.8 Å². The van der Waals surface area contributed by atoms with E-state index in [9.17, 15) is 19.2 Å². The third-order valence-corrected chi connectivity index (χ3v) is 13.0. The first-order valence-electron chi connectivity index (χ1n) is 24.9. The maximum absolute atomic E-state index is 14.7. The molecule has 0 spiro atoms. The molecule has 0 fully saturated rings. The van der Waals surface area contributed by atoms with Gasteiger partial charge >= 0.3 is 23.5 Å². The largest absolute Gasteiger partial charge is 0.493 e. The Morgan fingerprint density at radius 2 is 1.05 bits per heavy atom. The van der Waals surface area contributed by atoms with Crippen LogP contribution in [0.1, 0.15) is 22.3 Å². The maximum Gasteiger partial charge on any atom is 0.361 e. The predicted octanol–water partition coefficient (Wildman–Crippen LogP) is 7.02. The van der Waals surface area contributed by atoms with Crippen LogP contribution in [0.25, 0.3) is 44.3 Å². The molecule has 0 saturated carbocycles. The van der Waals surface area contributed by atoms with Gasteiger partial charge in [0.15, 0.2) is 34.5 Å². The summed E-state index contributed by atoms with van der Waals surface area (Å²) in [6.07, 6.45) is 0.215. The number of nitrogens with zero attached hydrogens (tertiary/aromatic N) is 1. The third kappa shape index (κ3) is 11.7. The van der Waals surface area contributed by atoms with E-state index < -0.39 is 41.7 Å². The van der Waals surface area contributed by atoms with Gasteiger partial charge in [-0.1, -0.05) is 97.1 Å². The molecule has 0 unspecified atom stereocenters. The number of methoxy groups -OCH3 is 4. The second kappa shape index (κ2) is 24.6. The molecule has 0 bridgehead atoms. The van der Waals surface area contributed by atoms with Crippen LogP contribution in [0.4, 0.5) is 0 Å². The smallest absolute Gasteiger partial charge is 0.361 e. The Hall–Kier alpha value is -8.56. The molecule has 1 aliphatic rings. The number of benzene rings is 6. The Morgan fingerprint density at radius 1 is 0.551 bits per heavy atom. The minimum Gasteiger partial charge on any atom is -0.493 e. The van der Waals surface area contributed by atoms with Gasteiger partial charge in [-0.3, -0.25) is 0 Å². The average Bonchev–Trinajstić information content (AvgIpc) is 3.96. The number of hydrogen-bond acceptors (Lipinski definition) is 18. The fourth-order valence-electron chi connectivity index (χ4n) is 9.17. The van der Waals surface area contributed by atoms with E-state index in [1.165, 1.54) is 34.5 Å². The number of carbonyl (C=O) groups excluding carboxylic acids is 3. The van der Waals surface area contributed by atoms with Crippen LogP contribution < -0.4 is 56.0 Å². The van der Waals surface area contributed by atoms with Gasteiger partial charge in [-0.15, -0.1) is 0 Å². The molecule has 3 atom stereocenters. The second-order valence-electron chi connectivity index (χ2n) is 18.2.